The summed E-state index contributed by atoms with van der Waals surface area (Å²) >= 11 is 0. The molecular formula is C17H31N. The van der Waals surface area contributed by atoms with Gasteiger partial charge in [-0.3, -0.25) is 0 Å². The van der Waals surface area contributed by atoms with Gasteiger partial charge >= 0.3 is 0 Å². The van der Waals surface area contributed by atoms with Gasteiger partial charge in [-0.15, -0.1) is 0 Å². The second-order valence-electron chi connectivity index (χ2n) is 8.55. The molecule has 0 N–H and O–H groups in total. The van der Waals surface area contributed by atoms with E-state index in [-0.39, 0.29) is 16.4 Å². The first-order valence-electron chi connectivity index (χ1n) is 7.00. The van der Waals surface area contributed by atoms with Crippen LogP contribution in [0.5, 0.6) is 0 Å². The molecule has 1 heteroatoms. The van der Waals surface area contributed by atoms with E-state index in [0.29, 0.717) is 0 Å². The maximum atomic E-state index is 2.52. The zero-order valence-electron chi connectivity index (χ0n) is 14.0. The molecule has 0 spiro atoms. The third kappa shape index (κ3) is 2.81. The van der Waals surface area contributed by atoms with Gasteiger partial charge in [0.1, 0.15) is 0 Å². The first-order valence-corrected chi connectivity index (χ1v) is 7.00. The summed E-state index contributed by atoms with van der Waals surface area (Å²) < 4.78 is 2.52. The Bertz CT molecular complexity index is 428. The molecule has 1 heterocycles. The predicted octanol–water partition coefficient (Wildman–Crippen LogP) is 5.15. The van der Waals surface area contributed by atoms with E-state index < -0.39 is 0 Å². The molecule has 0 aliphatic carbocycles. The van der Waals surface area contributed by atoms with Crippen molar-refractivity contribution in [3.8, 4) is 0 Å². The van der Waals surface area contributed by atoms with E-state index in [0.717, 1.165) is 0 Å². The van der Waals surface area contributed by atoms with Crippen LogP contribution in [0.25, 0.3) is 0 Å². The average Bonchev–Trinajstić information content (AvgIpc) is 2.39. The standard InChI is InChI=1S/C17H31N/c1-12-11-13(15(2,3)4)14(16(5,6)7)18(12)17(8,9)10/h11H,1-10H3. The van der Waals surface area contributed by atoms with Crippen LogP contribution in [0.15, 0.2) is 6.07 Å². The van der Waals surface area contributed by atoms with Gasteiger partial charge < -0.3 is 4.57 Å². The quantitative estimate of drug-likeness (QED) is 0.599. The van der Waals surface area contributed by atoms with Gasteiger partial charge in [0.05, 0.1) is 0 Å². The molecule has 0 bridgehead atoms. The van der Waals surface area contributed by atoms with E-state index in [1.54, 1.807) is 0 Å². The number of hydrogen-bond acceptors (Lipinski definition) is 0. The molecule has 18 heavy (non-hydrogen) atoms. The third-order valence-corrected chi connectivity index (χ3v) is 3.37. The number of hydrogen-bond donors (Lipinski definition) is 0. The second-order valence-corrected chi connectivity index (χ2v) is 8.55. The SMILES string of the molecule is Cc1cc(C(C)(C)C)c(C(C)(C)C)n1C(C)(C)C. The first kappa shape index (κ1) is 15.3. The van der Waals surface area contributed by atoms with Gasteiger partial charge in [0.2, 0.25) is 0 Å². The predicted molar refractivity (Wildman–Crippen MR) is 81.6 cm³/mol. The Balaban J connectivity index is 3.70. The summed E-state index contributed by atoms with van der Waals surface area (Å²) in [5.74, 6) is 0. The fraction of sp³-hybridized carbons (Fsp3) is 0.765. The van der Waals surface area contributed by atoms with Crippen molar-refractivity contribution in [3.63, 3.8) is 0 Å². The summed E-state index contributed by atoms with van der Waals surface area (Å²) in [6, 6.07) is 2.38. The van der Waals surface area contributed by atoms with Crippen LogP contribution in [0, 0.1) is 6.92 Å². The summed E-state index contributed by atoms with van der Waals surface area (Å²) in [6.07, 6.45) is 0. The maximum Gasteiger partial charge on any atom is 0.0361 e. The number of aromatic nitrogens is 1. The minimum atomic E-state index is 0.135. The molecule has 0 fully saturated rings. The average molecular weight is 249 g/mol. The zero-order valence-corrected chi connectivity index (χ0v) is 14.0. The van der Waals surface area contributed by atoms with Gasteiger partial charge in [-0.2, -0.15) is 0 Å². The van der Waals surface area contributed by atoms with Crippen molar-refractivity contribution in [2.45, 2.75) is 85.6 Å². The van der Waals surface area contributed by atoms with Crippen LogP contribution < -0.4 is 0 Å². The van der Waals surface area contributed by atoms with Crippen molar-refractivity contribution >= 4 is 0 Å². The van der Waals surface area contributed by atoms with Crippen molar-refractivity contribution in [2.24, 2.45) is 0 Å². The van der Waals surface area contributed by atoms with Crippen molar-refractivity contribution < 1.29 is 0 Å². The summed E-state index contributed by atoms with van der Waals surface area (Å²) in [5, 5.41) is 0. The van der Waals surface area contributed by atoms with E-state index in [1.807, 2.05) is 0 Å². The molecule has 0 aromatic carbocycles. The first-order chi connectivity index (χ1) is 7.76. The molecular weight excluding hydrogens is 218 g/mol. The van der Waals surface area contributed by atoms with Crippen LogP contribution in [-0.2, 0) is 16.4 Å². The summed E-state index contributed by atoms with van der Waals surface area (Å²) in [5.41, 5.74) is 4.85. The molecule has 0 aliphatic rings. The van der Waals surface area contributed by atoms with Gasteiger partial charge in [-0.05, 0) is 44.7 Å². The van der Waals surface area contributed by atoms with Crippen LogP contribution in [-0.4, -0.2) is 4.57 Å². The topological polar surface area (TPSA) is 4.93 Å². The lowest BCUT2D eigenvalue weighted by Gasteiger charge is -2.34. The molecule has 0 atom stereocenters. The number of rotatable bonds is 0. The molecule has 0 radical (unpaired) electrons. The lowest BCUT2D eigenvalue weighted by Crippen LogP contribution is -2.32. The van der Waals surface area contributed by atoms with Gasteiger partial charge in [-0.25, -0.2) is 0 Å². The Morgan fingerprint density at radius 2 is 1.22 bits per heavy atom. The number of nitrogens with zero attached hydrogens (tertiary/aromatic N) is 1. The van der Waals surface area contributed by atoms with Crippen LogP contribution in [0.3, 0.4) is 0 Å². The summed E-state index contributed by atoms with van der Waals surface area (Å²) in [6.45, 7) is 23.0. The van der Waals surface area contributed by atoms with Gasteiger partial charge in [-0.1, -0.05) is 41.5 Å². The lowest BCUT2D eigenvalue weighted by molar-refractivity contribution is 0.349. The van der Waals surface area contributed by atoms with Crippen LogP contribution >= 0.6 is 0 Å². The Labute approximate surface area is 114 Å². The minimum absolute atomic E-state index is 0.135. The molecule has 0 aliphatic heterocycles. The van der Waals surface area contributed by atoms with Crippen molar-refractivity contribution in [1.82, 2.24) is 4.57 Å². The monoisotopic (exact) mass is 249 g/mol. The molecule has 0 unspecified atom stereocenters. The van der Waals surface area contributed by atoms with Crippen LogP contribution in [0.1, 0.15) is 79.3 Å². The van der Waals surface area contributed by atoms with Crippen LogP contribution in [0.2, 0.25) is 0 Å². The summed E-state index contributed by atoms with van der Waals surface area (Å²) in [7, 11) is 0. The molecule has 0 saturated heterocycles. The van der Waals surface area contributed by atoms with E-state index >= 15 is 0 Å². The largest absolute Gasteiger partial charge is 0.343 e. The smallest absolute Gasteiger partial charge is 0.0361 e. The lowest BCUT2D eigenvalue weighted by atomic mass is 9.79. The second kappa shape index (κ2) is 4.15. The van der Waals surface area contributed by atoms with Gasteiger partial charge in [0.25, 0.3) is 0 Å². The van der Waals surface area contributed by atoms with Crippen molar-refractivity contribution in [2.75, 3.05) is 0 Å². The van der Waals surface area contributed by atoms with E-state index in [4.69, 9.17) is 0 Å². The fourth-order valence-corrected chi connectivity index (χ4v) is 2.81. The minimum Gasteiger partial charge on any atom is -0.343 e. The Morgan fingerprint density at radius 1 is 0.778 bits per heavy atom. The fourth-order valence-electron chi connectivity index (χ4n) is 2.81. The highest BCUT2D eigenvalue weighted by molar-refractivity contribution is 5.38. The molecule has 1 rings (SSSR count). The van der Waals surface area contributed by atoms with Crippen molar-refractivity contribution in [1.29, 1.82) is 0 Å². The molecule has 1 nitrogen and oxygen atoms in total. The normalized spacial score (nSPS) is 14.1. The Morgan fingerprint density at radius 3 is 1.50 bits per heavy atom. The molecule has 104 valence electrons. The summed E-state index contributed by atoms with van der Waals surface area (Å²) in [4.78, 5) is 0. The Hall–Kier alpha value is -0.720. The van der Waals surface area contributed by atoms with Crippen LogP contribution in [0.4, 0.5) is 0 Å². The Kier molecular flexibility index (Phi) is 3.53. The third-order valence-electron chi connectivity index (χ3n) is 3.37. The zero-order chi connectivity index (χ0) is 14.5. The molecule has 1 aromatic rings. The highest BCUT2D eigenvalue weighted by Gasteiger charge is 2.33. The highest BCUT2D eigenvalue weighted by Crippen LogP contribution is 2.39. The molecule has 1 aromatic heterocycles. The van der Waals surface area contributed by atoms with E-state index in [1.165, 1.54) is 17.0 Å². The highest BCUT2D eigenvalue weighted by atomic mass is 15.1. The van der Waals surface area contributed by atoms with Gasteiger partial charge in [0, 0.05) is 22.3 Å². The number of aryl methyl sites for hydroxylation is 1. The van der Waals surface area contributed by atoms with Gasteiger partial charge in [0.15, 0.2) is 0 Å². The maximum absolute atomic E-state index is 2.52. The van der Waals surface area contributed by atoms with E-state index in [9.17, 15) is 0 Å². The molecule has 0 amide bonds. The molecule has 0 saturated carbocycles. The van der Waals surface area contributed by atoms with E-state index in [2.05, 4.69) is 79.9 Å². The van der Waals surface area contributed by atoms with Crippen molar-refractivity contribution in [3.05, 3.63) is 23.0 Å².